The number of hydrogen-bond acceptors (Lipinski definition) is 2. The van der Waals surface area contributed by atoms with E-state index in [0.29, 0.717) is 0 Å². The minimum absolute atomic E-state index is 0.103. The van der Waals surface area contributed by atoms with Crippen molar-refractivity contribution in [1.82, 2.24) is 0 Å². The molecule has 2 nitrogen and oxygen atoms in total. The van der Waals surface area contributed by atoms with Crippen LogP contribution in [0.1, 0.15) is 11.1 Å². The van der Waals surface area contributed by atoms with Gasteiger partial charge in [-0.25, -0.2) is 0 Å². The lowest BCUT2D eigenvalue weighted by Crippen LogP contribution is -2.50. The molecule has 1 aliphatic heterocycles. The van der Waals surface area contributed by atoms with Gasteiger partial charge in [0, 0.05) is 0 Å². The highest BCUT2D eigenvalue weighted by molar-refractivity contribution is 7.04. The smallest absolute Gasteiger partial charge is 0.114 e. The number of aliphatic hydroxyl groups is 2. The van der Waals surface area contributed by atoms with Crippen LogP contribution in [0.25, 0.3) is 33.4 Å². The summed E-state index contributed by atoms with van der Waals surface area (Å²) in [7, 11) is -2.05. The van der Waals surface area contributed by atoms with E-state index in [1.165, 1.54) is 21.5 Å². The van der Waals surface area contributed by atoms with Gasteiger partial charge in [-0.15, -0.1) is 0 Å². The molecular weight excluding hydrogens is 396 g/mol. The molecule has 0 aliphatic carbocycles. The van der Waals surface area contributed by atoms with Crippen LogP contribution in [0, 0.1) is 0 Å². The maximum Gasteiger partial charge on any atom is 0.114 e. The summed E-state index contributed by atoms with van der Waals surface area (Å²) in [4.78, 5) is 0. The van der Waals surface area contributed by atoms with Gasteiger partial charge in [0.2, 0.25) is 0 Å². The van der Waals surface area contributed by atoms with Crippen LogP contribution < -0.4 is 10.4 Å². The lowest BCUT2D eigenvalue weighted by atomic mass is 9.83. The molecule has 4 aromatic carbocycles. The standard InChI is InChI=1S/C28H26O2Si/c1-31(2)24-16-10-9-15-21(24)27-25(19-11-5-3-6-12-19)22(17-29)23(18-30)26(28(27)31)20-13-7-4-8-14-20/h3-16,29-30H,17-18H2,1-2H3. The monoisotopic (exact) mass is 422 g/mol. The minimum Gasteiger partial charge on any atom is -0.392 e. The van der Waals surface area contributed by atoms with Crippen LogP contribution in [0.2, 0.25) is 13.1 Å². The zero-order chi connectivity index (χ0) is 21.6. The van der Waals surface area contributed by atoms with Crippen molar-refractivity contribution in [2.75, 3.05) is 0 Å². The molecule has 0 aromatic heterocycles. The lowest BCUT2D eigenvalue weighted by molar-refractivity contribution is 0.261. The first kappa shape index (κ1) is 19.9. The minimum atomic E-state index is -2.05. The van der Waals surface area contributed by atoms with Gasteiger partial charge in [0.1, 0.15) is 8.07 Å². The predicted octanol–water partition coefficient (Wildman–Crippen LogP) is 4.81. The molecule has 0 unspecified atom stereocenters. The summed E-state index contributed by atoms with van der Waals surface area (Å²) in [5, 5.41) is 23.9. The zero-order valence-corrected chi connectivity index (χ0v) is 18.9. The summed E-state index contributed by atoms with van der Waals surface area (Å²) in [6, 6.07) is 29.4. The Morgan fingerprint density at radius 1 is 0.581 bits per heavy atom. The van der Waals surface area contributed by atoms with Gasteiger partial charge in [-0.1, -0.05) is 98.0 Å². The Morgan fingerprint density at radius 3 is 1.65 bits per heavy atom. The summed E-state index contributed by atoms with van der Waals surface area (Å²) < 4.78 is 0. The van der Waals surface area contributed by atoms with Crippen molar-refractivity contribution < 1.29 is 10.2 Å². The average Bonchev–Trinajstić information content (AvgIpc) is 3.06. The molecule has 0 amide bonds. The van der Waals surface area contributed by atoms with E-state index in [1.807, 2.05) is 36.4 Å². The third kappa shape index (κ3) is 2.93. The molecule has 0 saturated carbocycles. The molecule has 1 aliphatic rings. The van der Waals surface area contributed by atoms with E-state index in [0.717, 1.165) is 33.4 Å². The maximum atomic E-state index is 10.6. The van der Waals surface area contributed by atoms with Crippen molar-refractivity contribution in [2.24, 2.45) is 0 Å². The van der Waals surface area contributed by atoms with E-state index in [-0.39, 0.29) is 13.2 Å². The average molecular weight is 423 g/mol. The van der Waals surface area contributed by atoms with Crippen molar-refractivity contribution in [3.63, 3.8) is 0 Å². The van der Waals surface area contributed by atoms with Gasteiger partial charge in [0.05, 0.1) is 13.2 Å². The zero-order valence-electron chi connectivity index (χ0n) is 17.9. The summed E-state index contributed by atoms with van der Waals surface area (Å²) >= 11 is 0. The Kier molecular flexibility index (Phi) is 4.90. The molecule has 2 N–H and O–H groups in total. The van der Waals surface area contributed by atoms with Gasteiger partial charge >= 0.3 is 0 Å². The fourth-order valence-corrected chi connectivity index (χ4v) is 8.79. The Hall–Kier alpha value is -2.98. The van der Waals surface area contributed by atoms with E-state index >= 15 is 0 Å². The van der Waals surface area contributed by atoms with Crippen molar-refractivity contribution in [3.05, 3.63) is 96.1 Å². The highest BCUT2D eigenvalue weighted by Gasteiger charge is 2.42. The van der Waals surface area contributed by atoms with Gasteiger partial charge in [0.15, 0.2) is 0 Å². The second kappa shape index (κ2) is 7.61. The second-order valence-electron chi connectivity index (χ2n) is 8.68. The first-order valence-electron chi connectivity index (χ1n) is 10.7. The number of aliphatic hydroxyl groups excluding tert-OH is 2. The van der Waals surface area contributed by atoms with Crippen molar-refractivity contribution >= 4 is 18.4 Å². The van der Waals surface area contributed by atoms with Crippen LogP contribution in [0.4, 0.5) is 0 Å². The summed E-state index contributed by atoms with van der Waals surface area (Å²) in [5.41, 5.74) is 8.53. The number of rotatable bonds is 4. The first-order valence-corrected chi connectivity index (χ1v) is 13.7. The molecule has 0 saturated heterocycles. The Bertz CT molecular complexity index is 1260. The second-order valence-corrected chi connectivity index (χ2v) is 13.0. The highest BCUT2D eigenvalue weighted by atomic mass is 28.3. The molecule has 31 heavy (non-hydrogen) atoms. The molecule has 0 spiro atoms. The van der Waals surface area contributed by atoms with Crippen molar-refractivity contribution in [3.8, 4) is 33.4 Å². The van der Waals surface area contributed by atoms with Crippen LogP contribution in [0.5, 0.6) is 0 Å². The Morgan fingerprint density at radius 2 is 1.06 bits per heavy atom. The van der Waals surface area contributed by atoms with Gasteiger partial charge in [-0.05, 0) is 54.9 Å². The van der Waals surface area contributed by atoms with Crippen LogP contribution in [-0.4, -0.2) is 18.3 Å². The number of fused-ring (bicyclic) bond motifs is 3. The van der Waals surface area contributed by atoms with E-state index < -0.39 is 8.07 Å². The molecule has 5 rings (SSSR count). The van der Waals surface area contributed by atoms with Crippen LogP contribution in [0.15, 0.2) is 84.9 Å². The SMILES string of the molecule is C[Si]1(C)c2ccccc2-c2c(-c3ccccc3)c(CO)c(CO)c(-c3ccccc3)c21. The third-order valence-corrected chi connectivity index (χ3v) is 10.2. The van der Waals surface area contributed by atoms with Crippen LogP contribution in [-0.2, 0) is 13.2 Å². The quantitative estimate of drug-likeness (QED) is 0.464. The maximum absolute atomic E-state index is 10.6. The first-order chi connectivity index (χ1) is 15.1. The number of hydrogen-bond donors (Lipinski definition) is 2. The molecule has 4 aromatic rings. The molecular formula is C28H26O2Si. The predicted molar refractivity (Wildman–Crippen MR) is 131 cm³/mol. The molecule has 3 heteroatoms. The molecule has 0 fully saturated rings. The normalized spacial score (nSPS) is 13.7. The van der Waals surface area contributed by atoms with Crippen molar-refractivity contribution in [2.45, 2.75) is 26.3 Å². The lowest BCUT2D eigenvalue weighted by Gasteiger charge is -2.28. The highest BCUT2D eigenvalue weighted by Crippen LogP contribution is 2.44. The van der Waals surface area contributed by atoms with Gasteiger partial charge < -0.3 is 10.2 Å². The largest absolute Gasteiger partial charge is 0.392 e. The van der Waals surface area contributed by atoms with Gasteiger partial charge in [0.25, 0.3) is 0 Å². The summed E-state index contributed by atoms with van der Waals surface area (Å²) in [5.74, 6) is 0. The third-order valence-electron chi connectivity index (χ3n) is 6.65. The Balaban J connectivity index is 2.03. The number of benzene rings is 4. The molecule has 1 heterocycles. The van der Waals surface area contributed by atoms with E-state index in [1.54, 1.807) is 0 Å². The molecule has 0 atom stereocenters. The molecule has 154 valence electrons. The van der Waals surface area contributed by atoms with E-state index in [2.05, 4.69) is 61.6 Å². The molecule has 0 radical (unpaired) electrons. The fourth-order valence-electron chi connectivity index (χ4n) is 5.32. The van der Waals surface area contributed by atoms with E-state index in [9.17, 15) is 10.2 Å². The topological polar surface area (TPSA) is 40.5 Å². The fraction of sp³-hybridized carbons (Fsp3) is 0.143. The molecule has 0 bridgehead atoms. The van der Waals surface area contributed by atoms with Gasteiger partial charge in [-0.3, -0.25) is 0 Å². The van der Waals surface area contributed by atoms with Crippen LogP contribution >= 0.6 is 0 Å². The van der Waals surface area contributed by atoms with Crippen molar-refractivity contribution in [1.29, 1.82) is 0 Å². The Labute approximate surface area is 184 Å². The van der Waals surface area contributed by atoms with Gasteiger partial charge in [-0.2, -0.15) is 0 Å². The van der Waals surface area contributed by atoms with E-state index in [4.69, 9.17) is 0 Å². The summed E-state index contributed by atoms with van der Waals surface area (Å²) in [6.07, 6.45) is 0. The van der Waals surface area contributed by atoms with Crippen LogP contribution in [0.3, 0.4) is 0 Å². The summed E-state index contributed by atoms with van der Waals surface area (Å²) in [6.45, 7) is 4.59.